The summed E-state index contributed by atoms with van der Waals surface area (Å²) in [6, 6.07) is 8.36. The second-order valence-corrected chi connectivity index (χ2v) is 4.51. The summed E-state index contributed by atoms with van der Waals surface area (Å²) in [7, 11) is 1.34. The van der Waals surface area contributed by atoms with Gasteiger partial charge in [-0.1, -0.05) is 12.1 Å². The van der Waals surface area contributed by atoms with Crippen LogP contribution in [0.3, 0.4) is 0 Å². The van der Waals surface area contributed by atoms with Gasteiger partial charge in [0.2, 0.25) is 5.88 Å². The predicted molar refractivity (Wildman–Crippen MR) is 74.2 cm³/mol. The number of benzene rings is 1. The van der Waals surface area contributed by atoms with Gasteiger partial charge in [0.15, 0.2) is 0 Å². The lowest BCUT2D eigenvalue weighted by molar-refractivity contribution is -0.274. The van der Waals surface area contributed by atoms with Crippen LogP contribution in [0.2, 0.25) is 0 Å². The van der Waals surface area contributed by atoms with Gasteiger partial charge in [0, 0.05) is 5.56 Å². The summed E-state index contributed by atoms with van der Waals surface area (Å²) in [5.41, 5.74) is 1.10. The smallest absolute Gasteiger partial charge is 0.481 e. The van der Waals surface area contributed by atoms with Crippen LogP contribution in [0.1, 0.15) is 5.69 Å². The number of carboxylic acid groups (broad SMARTS) is 1. The molecule has 2 rings (SSSR count). The maximum absolute atomic E-state index is 12.3. The van der Waals surface area contributed by atoms with Crippen LogP contribution >= 0.6 is 0 Å². The summed E-state index contributed by atoms with van der Waals surface area (Å²) in [5, 5.41) is 8.76. The van der Waals surface area contributed by atoms with Gasteiger partial charge in [0.1, 0.15) is 5.75 Å². The fourth-order valence-electron chi connectivity index (χ4n) is 1.97. The largest absolute Gasteiger partial charge is 0.573 e. The maximum Gasteiger partial charge on any atom is 0.573 e. The van der Waals surface area contributed by atoms with Crippen molar-refractivity contribution >= 4 is 5.97 Å². The van der Waals surface area contributed by atoms with Gasteiger partial charge in [0.25, 0.3) is 0 Å². The normalized spacial score (nSPS) is 11.1. The summed E-state index contributed by atoms with van der Waals surface area (Å²) in [5.74, 6) is -1.30. The third-order valence-corrected chi connectivity index (χ3v) is 2.82. The zero-order valence-corrected chi connectivity index (χ0v) is 11.9. The van der Waals surface area contributed by atoms with E-state index >= 15 is 0 Å². The molecule has 0 spiro atoms. The number of hydrogen-bond donors (Lipinski definition) is 1. The minimum Gasteiger partial charge on any atom is -0.481 e. The molecule has 0 fully saturated rings. The quantitative estimate of drug-likeness (QED) is 0.913. The summed E-state index contributed by atoms with van der Waals surface area (Å²) >= 11 is 0. The molecular formula is C15H12F3NO4. The number of methoxy groups -OCH3 is 1. The van der Waals surface area contributed by atoms with Gasteiger partial charge < -0.3 is 14.6 Å². The topological polar surface area (TPSA) is 68.7 Å². The highest BCUT2D eigenvalue weighted by atomic mass is 19.4. The fraction of sp³-hybridized carbons (Fsp3) is 0.200. The number of carbonyl (C=O) groups is 1. The lowest BCUT2D eigenvalue weighted by Crippen LogP contribution is -2.17. The van der Waals surface area contributed by atoms with Crippen LogP contribution < -0.4 is 9.47 Å². The minimum atomic E-state index is -4.79. The summed E-state index contributed by atoms with van der Waals surface area (Å²) in [6.45, 7) is 0. The van der Waals surface area contributed by atoms with Crippen molar-refractivity contribution in [3.05, 3.63) is 42.1 Å². The molecule has 0 aliphatic carbocycles. The molecule has 1 N–H and O–H groups in total. The molecule has 0 saturated heterocycles. The highest BCUT2D eigenvalue weighted by molar-refractivity contribution is 5.72. The van der Waals surface area contributed by atoms with Crippen molar-refractivity contribution in [2.75, 3.05) is 7.11 Å². The SMILES string of the molecule is COc1nc(CC(=O)O)ccc1-c1cccc(OC(F)(F)F)c1. The van der Waals surface area contributed by atoms with E-state index < -0.39 is 12.3 Å². The molecule has 0 bridgehead atoms. The number of ether oxygens (including phenoxy) is 2. The zero-order chi connectivity index (χ0) is 17.0. The standard InChI is InChI=1S/C15H12F3NO4/c1-22-14-12(6-5-10(19-14)8-13(20)21)9-3-2-4-11(7-9)23-15(16,17)18/h2-7H,8H2,1H3,(H,20,21). The molecule has 1 heterocycles. The maximum atomic E-state index is 12.3. The molecule has 2 aromatic rings. The Bertz CT molecular complexity index is 716. The first-order chi connectivity index (χ1) is 10.8. The van der Waals surface area contributed by atoms with Gasteiger partial charge in [-0.05, 0) is 29.8 Å². The number of hydrogen-bond acceptors (Lipinski definition) is 4. The van der Waals surface area contributed by atoms with E-state index in [1.165, 1.54) is 37.4 Å². The number of pyridine rings is 1. The molecule has 0 aliphatic rings. The van der Waals surface area contributed by atoms with Crippen LogP contribution in [0.25, 0.3) is 11.1 Å². The Hall–Kier alpha value is -2.77. The Morgan fingerprint density at radius 3 is 2.61 bits per heavy atom. The Labute approximate surface area is 129 Å². The third-order valence-electron chi connectivity index (χ3n) is 2.82. The minimum absolute atomic E-state index is 0.118. The second kappa shape index (κ2) is 6.55. The van der Waals surface area contributed by atoms with Crippen molar-refractivity contribution < 1.29 is 32.5 Å². The van der Waals surface area contributed by atoms with Crippen molar-refractivity contribution in [3.63, 3.8) is 0 Å². The van der Waals surface area contributed by atoms with E-state index in [1.54, 1.807) is 6.07 Å². The van der Waals surface area contributed by atoms with Crippen molar-refractivity contribution in [2.45, 2.75) is 12.8 Å². The second-order valence-electron chi connectivity index (χ2n) is 4.51. The molecule has 0 atom stereocenters. The Morgan fingerprint density at radius 2 is 2.00 bits per heavy atom. The van der Waals surface area contributed by atoms with Crippen LogP contribution in [-0.2, 0) is 11.2 Å². The van der Waals surface area contributed by atoms with Crippen molar-refractivity contribution in [3.8, 4) is 22.8 Å². The number of halogens is 3. The molecule has 0 saturated carbocycles. The van der Waals surface area contributed by atoms with Crippen LogP contribution in [0.15, 0.2) is 36.4 Å². The third kappa shape index (κ3) is 4.60. The molecular weight excluding hydrogens is 315 g/mol. The first-order valence-electron chi connectivity index (χ1n) is 6.40. The number of carboxylic acids is 1. The molecule has 0 amide bonds. The molecule has 0 unspecified atom stereocenters. The van der Waals surface area contributed by atoms with E-state index in [0.29, 0.717) is 11.1 Å². The molecule has 0 aliphatic heterocycles. The lowest BCUT2D eigenvalue weighted by Gasteiger charge is -2.12. The average Bonchev–Trinajstić information content (AvgIpc) is 2.45. The number of alkyl halides is 3. The van der Waals surface area contributed by atoms with Crippen LogP contribution in [0.5, 0.6) is 11.6 Å². The first kappa shape index (κ1) is 16.6. The first-order valence-corrected chi connectivity index (χ1v) is 6.40. The highest BCUT2D eigenvalue weighted by Crippen LogP contribution is 2.32. The average molecular weight is 327 g/mol. The van der Waals surface area contributed by atoms with E-state index in [9.17, 15) is 18.0 Å². The van der Waals surface area contributed by atoms with Gasteiger partial charge in [-0.2, -0.15) is 0 Å². The van der Waals surface area contributed by atoms with E-state index in [-0.39, 0.29) is 23.7 Å². The van der Waals surface area contributed by atoms with E-state index in [1.807, 2.05) is 0 Å². The van der Waals surface area contributed by atoms with E-state index in [0.717, 1.165) is 0 Å². The molecule has 5 nitrogen and oxygen atoms in total. The van der Waals surface area contributed by atoms with Crippen molar-refractivity contribution in [1.29, 1.82) is 0 Å². The molecule has 23 heavy (non-hydrogen) atoms. The highest BCUT2D eigenvalue weighted by Gasteiger charge is 2.31. The molecule has 1 aromatic carbocycles. The molecule has 122 valence electrons. The Kier molecular flexibility index (Phi) is 4.73. The van der Waals surface area contributed by atoms with Gasteiger partial charge >= 0.3 is 12.3 Å². The van der Waals surface area contributed by atoms with Gasteiger partial charge in [-0.15, -0.1) is 13.2 Å². The van der Waals surface area contributed by atoms with E-state index in [2.05, 4.69) is 9.72 Å². The van der Waals surface area contributed by atoms with Crippen LogP contribution in [-0.4, -0.2) is 29.5 Å². The van der Waals surface area contributed by atoms with Gasteiger partial charge in [-0.3, -0.25) is 4.79 Å². The van der Waals surface area contributed by atoms with Crippen molar-refractivity contribution in [2.24, 2.45) is 0 Å². The van der Waals surface area contributed by atoms with E-state index in [4.69, 9.17) is 9.84 Å². The lowest BCUT2D eigenvalue weighted by atomic mass is 10.1. The number of nitrogens with zero attached hydrogens (tertiary/aromatic N) is 1. The van der Waals surface area contributed by atoms with Gasteiger partial charge in [-0.25, -0.2) is 4.98 Å². The summed E-state index contributed by atoms with van der Waals surface area (Å²) in [6.07, 6.45) is -5.07. The Morgan fingerprint density at radius 1 is 1.26 bits per heavy atom. The fourth-order valence-corrected chi connectivity index (χ4v) is 1.97. The number of aliphatic carboxylic acids is 1. The molecule has 0 radical (unpaired) electrons. The molecule has 1 aromatic heterocycles. The predicted octanol–water partition coefficient (Wildman–Crippen LogP) is 3.28. The van der Waals surface area contributed by atoms with Crippen LogP contribution in [0, 0.1) is 0 Å². The summed E-state index contributed by atoms with van der Waals surface area (Å²) < 4.78 is 45.8. The summed E-state index contributed by atoms with van der Waals surface area (Å²) in [4.78, 5) is 14.7. The number of aromatic nitrogens is 1. The Balaban J connectivity index is 2.37. The van der Waals surface area contributed by atoms with Crippen LogP contribution in [0.4, 0.5) is 13.2 Å². The number of rotatable bonds is 5. The molecule has 8 heteroatoms. The monoisotopic (exact) mass is 327 g/mol. The van der Waals surface area contributed by atoms with Crippen molar-refractivity contribution in [1.82, 2.24) is 4.98 Å². The zero-order valence-electron chi connectivity index (χ0n) is 11.9. The van der Waals surface area contributed by atoms with Gasteiger partial charge in [0.05, 0.1) is 19.2 Å².